The smallest absolute Gasteiger partial charge is 0.227 e. The molecule has 3 nitrogen and oxygen atoms in total. The summed E-state index contributed by atoms with van der Waals surface area (Å²) in [5.41, 5.74) is 2.35. The zero-order chi connectivity index (χ0) is 14.3. The van der Waals surface area contributed by atoms with E-state index in [0.717, 1.165) is 31.7 Å². The quantitative estimate of drug-likeness (QED) is 0.817. The Morgan fingerprint density at radius 1 is 1.05 bits per heavy atom. The van der Waals surface area contributed by atoms with Crippen molar-refractivity contribution in [3.8, 4) is 0 Å². The minimum Gasteiger partial charge on any atom is -0.340 e. The highest BCUT2D eigenvalue weighted by Crippen LogP contribution is 2.07. The summed E-state index contributed by atoms with van der Waals surface area (Å²) in [5.74, 6) is 0.252. The van der Waals surface area contributed by atoms with Gasteiger partial charge in [0.2, 0.25) is 5.91 Å². The van der Waals surface area contributed by atoms with Gasteiger partial charge in [0.1, 0.15) is 0 Å². The Labute approximate surface area is 117 Å². The van der Waals surface area contributed by atoms with Crippen molar-refractivity contribution in [3.05, 3.63) is 35.4 Å². The molecule has 1 aromatic rings. The predicted molar refractivity (Wildman–Crippen MR) is 80.3 cm³/mol. The summed E-state index contributed by atoms with van der Waals surface area (Å²) >= 11 is 0. The van der Waals surface area contributed by atoms with Gasteiger partial charge >= 0.3 is 0 Å². The Bertz CT molecular complexity index is 378. The molecule has 3 heteroatoms. The van der Waals surface area contributed by atoms with E-state index >= 15 is 0 Å². The first kappa shape index (κ1) is 15.7. The number of carbonyl (C=O) groups excluding carboxylic acids is 1. The highest BCUT2D eigenvalue weighted by molar-refractivity contribution is 5.78. The first-order chi connectivity index (χ1) is 9.15. The van der Waals surface area contributed by atoms with Gasteiger partial charge in [-0.3, -0.25) is 4.79 Å². The van der Waals surface area contributed by atoms with Crippen molar-refractivity contribution in [1.29, 1.82) is 0 Å². The molecular weight excluding hydrogens is 236 g/mol. The number of piperazine rings is 1. The van der Waals surface area contributed by atoms with E-state index in [0.29, 0.717) is 6.42 Å². The van der Waals surface area contributed by atoms with Gasteiger partial charge in [-0.1, -0.05) is 43.7 Å². The summed E-state index contributed by atoms with van der Waals surface area (Å²) in [7, 11) is 2.10. The molecule has 1 aliphatic rings. The molecule has 1 fully saturated rings. The predicted octanol–water partition coefficient (Wildman–Crippen LogP) is 2.34. The number of likely N-dealkylation sites (N-methyl/N-ethyl adjacent to an activating group) is 1. The van der Waals surface area contributed by atoms with Gasteiger partial charge in [0.25, 0.3) is 0 Å². The molecule has 106 valence electrons. The molecule has 0 saturated carbocycles. The first-order valence-electron chi connectivity index (χ1n) is 7.17. The zero-order valence-electron chi connectivity index (χ0n) is 12.6. The summed E-state index contributed by atoms with van der Waals surface area (Å²) in [6.07, 6.45) is 0.532. The molecule has 1 saturated heterocycles. The van der Waals surface area contributed by atoms with Crippen LogP contribution < -0.4 is 0 Å². The maximum absolute atomic E-state index is 12.1. The highest BCUT2D eigenvalue weighted by Gasteiger charge is 2.18. The third-order valence-corrected chi connectivity index (χ3v) is 3.33. The van der Waals surface area contributed by atoms with Gasteiger partial charge in [0, 0.05) is 26.2 Å². The summed E-state index contributed by atoms with van der Waals surface area (Å²) in [6, 6.07) is 8.21. The van der Waals surface area contributed by atoms with Crippen LogP contribution in [0.4, 0.5) is 0 Å². The molecular formula is C16H26N2O. The molecule has 2 rings (SSSR count). The molecule has 1 aliphatic heterocycles. The molecule has 1 amide bonds. The minimum atomic E-state index is 0.252. The molecule has 0 bridgehead atoms. The molecule has 0 N–H and O–H groups in total. The number of rotatable bonds is 2. The van der Waals surface area contributed by atoms with Gasteiger partial charge < -0.3 is 9.80 Å². The summed E-state index contributed by atoms with van der Waals surface area (Å²) in [5, 5.41) is 0. The number of carbonyl (C=O) groups is 1. The fraction of sp³-hybridized carbons (Fsp3) is 0.562. The van der Waals surface area contributed by atoms with Gasteiger partial charge in [0.05, 0.1) is 6.42 Å². The second kappa shape index (κ2) is 7.95. The molecule has 1 heterocycles. The summed E-state index contributed by atoms with van der Waals surface area (Å²) < 4.78 is 0. The fourth-order valence-electron chi connectivity index (χ4n) is 2.05. The van der Waals surface area contributed by atoms with Crippen molar-refractivity contribution in [2.24, 2.45) is 0 Å². The molecule has 0 atom stereocenters. The van der Waals surface area contributed by atoms with E-state index in [-0.39, 0.29) is 5.91 Å². The average Bonchev–Trinajstić information content (AvgIpc) is 2.44. The lowest BCUT2D eigenvalue weighted by Gasteiger charge is -2.32. The average molecular weight is 262 g/mol. The summed E-state index contributed by atoms with van der Waals surface area (Å²) in [4.78, 5) is 16.3. The summed E-state index contributed by atoms with van der Waals surface area (Å²) in [6.45, 7) is 9.76. The first-order valence-corrected chi connectivity index (χ1v) is 7.17. The van der Waals surface area contributed by atoms with Crippen molar-refractivity contribution >= 4 is 5.91 Å². The number of amides is 1. The molecule has 0 aromatic heterocycles. The fourth-order valence-corrected chi connectivity index (χ4v) is 2.05. The van der Waals surface area contributed by atoms with Gasteiger partial charge in [-0.2, -0.15) is 0 Å². The van der Waals surface area contributed by atoms with Gasteiger partial charge in [0.15, 0.2) is 0 Å². The Morgan fingerprint density at radius 2 is 1.58 bits per heavy atom. The standard InChI is InChI=1S/C14H20N2O.C2H6/c1-12-3-5-13(6-4-12)11-14(17)16-9-7-15(2)8-10-16;1-2/h3-6H,7-11H2,1-2H3;1-2H3. The Morgan fingerprint density at radius 3 is 2.11 bits per heavy atom. The van der Waals surface area contributed by atoms with Crippen molar-refractivity contribution in [1.82, 2.24) is 9.80 Å². The number of hydrogen-bond acceptors (Lipinski definition) is 2. The van der Waals surface area contributed by atoms with E-state index < -0.39 is 0 Å². The zero-order valence-corrected chi connectivity index (χ0v) is 12.6. The molecule has 0 aliphatic carbocycles. The molecule has 0 spiro atoms. The highest BCUT2D eigenvalue weighted by atomic mass is 16.2. The van der Waals surface area contributed by atoms with E-state index in [1.807, 2.05) is 30.9 Å². The maximum atomic E-state index is 12.1. The number of benzene rings is 1. The molecule has 1 aromatic carbocycles. The minimum absolute atomic E-state index is 0.252. The second-order valence-corrected chi connectivity index (χ2v) is 4.85. The van der Waals surface area contributed by atoms with Crippen LogP contribution in [0.2, 0.25) is 0 Å². The molecule has 0 unspecified atom stereocenters. The molecule has 0 radical (unpaired) electrons. The maximum Gasteiger partial charge on any atom is 0.227 e. The van der Waals surface area contributed by atoms with Gasteiger partial charge in [-0.05, 0) is 19.5 Å². The van der Waals surface area contributed by atoms with Gasteiger partial charge in [-0.25, -0.2) is 0 Å². The van der Waals surface area contributed by atoms with E-state index in [1.165, 1.54) is 5.56 Å². The van der Waals surface area contributed by atoms with Crippen LogP contribution in [0, 0.1) is 6.92 Å². The van der Waals surface area contributed by atoms with Crippen LogP contribution in [0.3, 0.4) is 0 Å². The van der Waals surface area contributed by atoms with Crippen LogP contribution in [-0.4, -0.2) is 48.9 Å². The van der Waals surface area contributed by atoms with Crippen LogP contribution in [-0.2, 0) is 11.2 Å². The van der Waals surface area contributed by atoms with Crippen LogP contribution >= 0.6 is 0 Å². The topological polar surface area (TPSA) is 23.6 Å². The van der Waals surface area contributed by atoms with Crippen molar-refractivity contribution in [2.75, 3.05) is 33.2 Å². The molecule has 19 heavy (non-hydrogen) atoms. The van der Waals surface area contributed by atoms with Crippen LogP contribution in [0.25, 0.3) is 0 Å². The van der Waals surface area contributed by atoms with E-state index in [9.17, 15) is 4.79 Å². The SMILES string of the molecule is CC.Cc1ccc(CC(=O)N2CCN(C)CC2)cc1. The lowest BCUT2D eigenvalue weighted by molar-refractivity contribution is -0.132. The Hall–Kier alpha value is -1.35. The Kier molecular flexibility index (Phi) is 6.57. The van der Waals surface area contributed by atoms with Crippen LogP contribution in [0.5, 0.6) is 0 Å². The normalized spacial score (nSPS) is 15.7. The third kappa shape index (κ3) is 5.03. The van der Waals surface area contributed by atoms with E-state index in [4.69, 9.17) is 0 Å². The largest absolute Gasteiger partial charge is 0.340 e. The van der Waals surface area contributed by atoms with Crippen LogP contribution in [0.15, 0.2) is 24.3 Å². The van der Waals surface area contributed by atoms with Crippen molar-refractivity contribution < 1.29 is 4.79 Å². The Balaban J connectivity index is 0.000000861. The van der Waals surface area contributed by atoms with Gasteiger partial charge in [-0.15, -0.1) is 0 Å². The third-order valence-electron chi connectivity index (χ3n) is 3.33. The number of aryl methyl sites for hydroxylation is 1. The van der Waals surface area contributed by atoms with E-state index in [1.54, 1.807) is 0 Å². The van der Waals surface area contributed by atoms with Crippen molar-refractivity contribution in [3.63, 3.8) is 0 Å². The number of hydrogen-bond donors (Lipinski definition) is 0. The van der Waals surface area contributed by atoms with E-state index in [2.05, 4.69) is 31.0 Å². The number of nitrogens with zero attached hydrogens (tertiary/aromatic N) is 2. The monoisotopic (exact) mass is 262 g/mol. The lowest BCUT2D eigenvalue weighted by atomic mass is 10.1. The second-order valence-electron chi connectivity index (χ2n) is 4.85. The van der Waals surface area contributed by atoms with Crippen LogP contribution in [0.1, 0.15) is 25.0 Å². The lowest BCUT2D eigenvalue weighted by Crippen LogP contribution is -2.47. The van der Waals surface area contributed by atoms with Crippen molar-refractivity contribution in [2.45, 2.75) is 27.2 Å².